The molecule has 4 nitrogen and oxygen atoms in total. The Hall–Kier alpha value is -0.550. The maximum Gasteiger partial charge on any atom is 0.248 e. The maximum atomic E-state index is 5.97. The number of imidazole rings is 1. The van der Waals surface area contributed by atoms with E-state index >= 15 is 0 Å². The van der Waals surface area contributed by atoms with Gasteiger partial charge in [-0.1, -0.05) is 34.8 Å². The van der Waals surface area contributed by atoms with Gasteiger partial charge < -0.3 is 9.30 Å². The Morgan fingerprint density at radius 3 is 2.79 bits per heavy atom. The maximum absolute atomic E-state index is 5.97. The summed E-state index contributed by atoms with van der Waals surface area (Å²) in [6.45, 7) is 1.41. The average Bonchev–Trinajstić information content (AvgIpc) is 2.74. The Morgan fingerprint density at radius 2 is 2.11 bits per heavy atom. The molecule has 0 amide bonds. The molecular weight excluding hydrogens is 309 g/mol. The number of alkyl halides is 3. The van der Waals surface area contributed by atoms with Crippen molar-refractivity contribution >= 4 is 46.0 Å². The Balaban J connectivity index is 2.32. The largest absolute Gasteiger partial charge is 0.385 e. The number of halogens is 3. The lowest BCUT2D eigenvalue weighted by molar-refractivity contribution is 0.191. The van der Waals surface area contributed by atoms with E-state index < -0.39 is 3.79 Å². The van der Waals surface area contributed by atoms with Crippen LogP contribution in [0.5, 0.6) is 0 Å². The summed E-state index contributed by atoms with van der Waals surface area (Å²) in [6.07, 6.45) is 3.55. The second-order valence-electron chi connectivity index (χ2n) is 4.13. The van der Waals surface area contributed by atoms with Crippen LogP contribution < -0.4 is 0 Å². The predicted molar refractivity (Wildman–Crippen MR) is 77.9 cm³/mol. The molecule has 104 valence electrons. The van der Waals surface area contributed by atoms with E-state index in [-0.39, 0.29) is 0 Å². The van der Waals surface area contributed by atoms with Crippen LogP contribution in [0, 0.1) is 0 Å². The van der Waals surface area contributed by atoms with Gasteiger partial charge in [-0.3, -0.25) is 0 Å². The van der Waals surface area contributed by atoms with Crippen molar-refractivity contribution in [1.29, 1.82) is 0 Å². The number of pyridine rings is 1. The molecule has 7 heteroatoms. The quantitative estimate of drug-likeness (QED) is 0.622. The summed E-state index contributed by atoms with van der Waals surface area (Å²) in [5.74, 6) is 0.406. The van der Waals surface area contributed by atoms with Crippen LogP contribution in [-0.2, 0) is 15.1 Å². The number of aromatic nitrogens is 3. The number of methoxy groups -OCH3 is 1. The average molecular weight is 323 g/mol. The summed E-state index contributed by atoms with van der Waals surface area (Å²) in [4.78, 5) is 8.66. The van der Waals surface area contributed by atoms with E-state index in [1.165, 1.54) is 0 Å². The number of fused-ring (bicyclic) bond motifs is 1. The van der Waals surface area contributed by atoms with Crippen molar-refractivity contribution in [3.8, 4) is 0 Å². The first-order chi connectivity index (χ1) is 9.04. The third-order valence-electron chi connectivity index (χ3n) is 2.74. The Morgan fingerprint density at radius 1 is 1.32 bits per heavy atom. The van der Waals surface area contributed by atoms with Crippen molar-refractivity contribution < 1.29 is 4.74 Å². The Labute approximate surface area is 126 Å². The van der Waals surface area contributed by atoms with Gasteiger partial charge in [0.15, 0.2) is 11.5 Å². The molecular formula is C12H14Cl3N3O. The van der Waals surface area contributed by atoms with Crippen molar-refractivity contribution in [1.82, 2.24) is 14.5 Å². The first-order valence-corrected chi connectivity index (χ1v) is 7.05. The highest BCUT2D eigenvalue weighted by Crippen LogP contribution is 2.38. The minimum atomic E-state index is -1.55. The number of rotatable bonds is 5. The first-order valence-electron chi connectivity index (χ1n) is 5.91. The fourth-order valence-corrected chi connectivity index (χ4v) is 2.34. The second kappa shape index (κ2) is 6.27. The zero-order valence-electron chi connectivity index (χ0n) is 10.4. The lowest BCUT2D eigenvalue weighted by Gasteiger charge is -2.13. The minimum Gasteiger partial charge on any atom is -0.385 e. The van der Waals surface area contributed by atoms with Crippen molar-refractivity contribution in [2.75, 3.05) is 13.7 Å². The molecule has 0 saturated carbocycles. The third-order valence-corrected chi connectivity index (χ3v) is 3.24. The van der Waals surface area contributed by atoms with E-state index in [2.05, 4.69) is 9.97 Å². The topological polar surface area (TPSA) is 39.9 Å². The molecule has 0 saturated heterocycles. The van der Waals surface area contributed by atoms with E-state index in [9.17, 15) is 0 Å². The van der Waals surface area contributed by atoms with Gasteiger partial charge in [-0.25, -0.2) is 9.97 Å². The molecule has 2 rings (SSSR count). The molecule has 19 heavy (non-hydrogen) atoms. The lowest BCUT2D eigenvalue weighted by atomic mass is 10.3. The zero-order valence-corrected chi connectivity index (χ0v) is 12.7. The molecule has 0 aliphatic rings. The number of nitrogens with zero attached hydrogens (tertiary/aromatic N) is 3. The highest BCUT2D eigenvalue weighted by Gasteiger charge is 2.30. The van der Waals surface area contributed by atoms with Crippen molar-refractivity contribution in [3.63, 3.8) is 0 Å². The fourth-order valence-electron chi connectivity index (χ4n) is 1.90. The molecule has 0 fully saturated rings. The SMILES string of the molecule is COCCCCn1c(C(Cl)(Cl)Cl)nc2cccnc21. The lowest BCUT2D eigenvalue weighted by Crippen LogP contribution is -2.13. The molecule has 0 aliphatic carbocycles. The van der Waals surface area contributed by atoms with Crippen LogP contribution in [-0.4, -0.2) is 28.3 Å². The molecule has 2 aromatic heterocycles. The molecule has 0 radical (unpaired) electrons. The molecule has 2 aromatic rings. The number of unbranched alkanes of at least 4 members (excludes halogenated alkanes) is 1. The van der Waals surface area contributed by atoms with Crippen LogP contribution in [0.2, 0.25) is 0 Å². The van der Waals surface area contributed by atoms with Crippen LogP contribution in [0.15, 0.2) is 18.3 Å². The molecule has 0 unspecified atom stereocenters. The van der Waals surface area contributed by atoms with Crippen molar-refractivity contribution in [3.05, 3.63) is 24.2 Å². The zero-order chi connectivity index (χ0) is 13.9. The number of hydrogen-bond acceptors (Lipinski definition) is 3. The van der Waals surface area contributed by atoms with Gasteiger partial charge in [-0.15, -0.1) is 0 Å². The smallest absolute Gasteiger partial charge is 0.248 e. The van der Waals surface area contributed by atoms with E-state index in [0.29, 0.717) is 19.0 Å². The van der Waals surface area contributed by atoms with Gasteiger partial charge >= 0.3 is 0 Å². The molecule has 0 spiro atoms. The Kier molecular flexibility index (Phi) is 4.90. The summed E-state index contributed by atoms with van der Waals surface area (Å²) >= 11 is 17.9. The first kappa shape index (κ1) is 14.9. The number of aryl methyl sites for hydroxylation is 1. The number of hydrogen-bond donors (Lipinski definition) is 0. The van der Waals surface area contributed by atoms with Crippen molar-refractivity contribution in [2.24, 2.45) is 0 Å². The summed E-state index contributed by atoms with van der Waals surface area (Å²) < 4.78 is 5.33. The summed E-state index contributed by atoms with van der Waals surface area (Å²) in [7, 11) is 1.68. The van der Waals surface area contributed by atoms with Crippen LogP contribution in [0.1, 0.15) is 18.7 Å². The van der Waals surface area contributed by atoms with Gasteiger partial charge in [0.25, 0.3) is 0 Å². The van der Waals surface area contributed by atoms with Gasteiger partial charge in [0, 0.05) is 26.5 Å². The number of ether oxygens (including phenoxy) is 1. The third kappa shape index (κ3) is 3.51. The standard InChI is InChI=1S/C12H14Cl3N3O/c1-19-8-3-2-7-18-10-9(5-4-6-16-10)17-11(18)12(13,14)15/h4-6H,2-3,7-8H2,1H3. The monoisotopic (exact) mass is 321 g/mol. The van der Waals surface area contributed by atoms with Gasteiger partial charge in [0.1, 0.15) is 5.52 Å². The van der Waals surface area contributed by atoms with Crippen LogP contribution in [0.4, 0.5) is 0 Å². The van der Waals surface area contributed by atoms with Gasteiger partial charge in [-0.2, -0.15) is 0 Å². The van der Waals surface area contributed by atoms with Crippen LogP contribution in [0.3, 0.4) is 0 Å². The molecule has 0 N–H and O–H groups in total. The summed E-state index contributed by atoms with van der Waals surface area (Å²) in [5, 5.41) is 0. The van der Waals surface area contributed by atoms with Gasteiger partial charge in [0.2, 0.25) is 3.79 Å². The molecule has 2 heterocycles. The summed E-state index contributed by atoms with van der Waals surface area (Å²) in [5.41, 5.74) is 1.47. The summed E-state index contributed by atoms with van der Waals surface area (Å²) in [6, 6.07) is 3.67. The highest BCUT2D eigenvalue weighted by molar-refractivity contribution is 6.66. The normalized spacial score (nSPS) is 12.2. The highest BCUT2D eigenvalue weighted by atomic mass is 35.6. The van der Waals surface area contributed by atoms with Crippen LogP contribution in [0.25, 0.3) is 11.2 Å². The molecule has 0 atom stereocenters. The predicted octanol–water partition coefficient (Wildman–Crippen LogP) is 3.68. The van der Waals surface area contributed by atoms with Crippen LogP contribution >= 0.6 is 34.8 Å². The van der Waals surface area contributed by atoms with E-state index in [1.54, 1.807) is 13.3 Å². The minimum absolute atomic E-state index is 0.406. The molecule has 0 aromatic carbocycles. The Bertz CT molecular complexity index is 551. The molecule has 0 aliphatic heterocycles. The fraction of sp³-hybridized carbons (Fsp3) is 0.500. The van der Waals surface area contributed by atoms with Crippen molar-refractivity contribution in [2.45, 2.75) is 23.2 Å². The van der Waals surface area contributed by atoms with E-state index in [1.807, 2.05) is 16.7 Å². The van der Waals surface area contributed by atoms with Gasteiger partial charge in [0.05, 0.1) is 0 Å². The van der Waals surface area contributed by atoms with E-state index in [0.717, 1.165) is 24.0 Å². The molecule has 0 bridgehead atoms. The van der Waals surface area contributed by atoms with E-state index in [4.69, 9.17) is 39.5 Å². The second-order valence-corrected chi connectivity index (χ2v) is 6.41. The van der Waals surface area contributed by atoms with Gasteiger partial charge in [-0.05, 0) is 25.0 Å².